The van der Waals surface area contributed by atoms with Gasteiger partial charge >= 0.3 is 0 Å². The van der Waals surface area contributed by atoms with Gasteiger partial charge in [0.15, 0.2) is 0 Å². The Bertz CT molecular complexity index is 3460. The summed E-state index contributed by atoms with van der Waals surface area (Å²) < 4.78 is 0. The van der Waals surface area contributed by atoms with Crippen LogP contribution in [0.4, 0.5) is 28.4 Å². The van der Waals surface area contributed by atoms with E-state index < -0.39 is 0 Å². The van der Waals surface area contributed by atoms with Gasteiger partial charge < -0.3 is 9.80 Å². The summed E-state index contributed by atoms with van der Waals surface area (Å²) in [5.41, 5.74) is 17.2. The Hall–Kier alpha value is -7.24. The zero-order chi connectivity index (χ0) is 44.1. The predicted molar refractivity (Wildman–Crippen MR) is 285 cm³/mol. The van der Waals surface area contributed by atoms with Gasteiger partial charge in [-0.1, -0.05) is 181 Å². The van der Waals surface area contributed by atoms with E-state index in [1.54, 1.807) is 0 Å². The molecule has 66 heavy (non-hydrogen) atoms. The highest BCUT2D eigenvalue weighted by molar-refractivity contribution is 8.03. The molecule has 0 atom stereocenters. The van der Waals surface area contributed by atoms with E-state index in [1.165, 1.54) is 108 Å². The standard InChI is InChI=1S/C62H46N2S2/c1-3-20-57-41(2)63(54-29-14-17-32-58(54)65-57)44-35-37-50-52(39-44)61(48-27-12-10-25-46(48)42-21-6-4-7-22-42)51-38-36-45(64-55-30-15-18-33-59(55)66-60-34-19-16-31-56(60)64)40-53(51)62(50)49-28-13-11-26-47(49)43-23-8-5-9-24-43/h3-11,13-26,28-40H,12,27H2,1-2H3/b20-3-. The van der Waals surface area contributed by atoms with E-state index in [0.717, 1.165) is 24.2 Å². The molecule has 1 aliphatic carbocycles. The molecule has 0 spiro atoms. The van der Waals surface area contributed by atoms with E-state index in [0.29, 0.717) is 0 Å². The first-order valence-corrected chi connectivity index (χ1v) is 24.5. The lowest BCUT2D eigenvalue weighted by Gasteiger charge is -2.34. The predicted octanol–water partition coefficient (Wildman–Crippen LogP) is 18.6. The van der Waals surface area contributed by atoms with Crippen molar-refractivity contribution < 1.29 is 0 Å². The Labute approximate surface area is 396 Å². The Morgan fingerprint density at radius 3 is 1.64 bits per heavy atom. The first-order valence-electron chi connectivity index (χ1n) is 22.8. The minimum Gasteiger partial charge on any atom is -0.312 e. The fourth-order valence-corrected chi connectivity index (χ4v) is 12.5. The van der Waals surface area contributed by atoms with Gasteiger partial charge in [0.2, 0.25) is 0 Å². The van der Waals surface area contributed by atoms with Crippen LogP contribution in [0.15, 0.2) is 244 Å². The van der Waals surface area contributed by atoms with Crippen LogP contribution in [0.25, 0.3) is 54.9 Å². The summed E-state index contributed by atoms with van der Waals surface area (Å²) in [6.07, 6.45) is 11.1. The van der Waals surface area contributed by atoms with Crippen LogP contribution in [0, 0.1) is 0 Å². The molecular formula is C62H46N2S2. The molecule has 0 amide bonds. The third-order valence-corrected chi connectivity index (χ3v) is 15.6. The Kier molecular flexibility index (Phi) is 10.3. The van der Waals surface area contributed by atoms with Gasteiger partial charge in [-0.3, -0.25) is 0 Å². The fourth-order valence-electron chi connectivity index (χ4n) is 10.3. The second-order valence-electron chi connectivity index (χ2n) is 17.0. The molecule has 3 aliphatic rings. The van der Waals surface area contributed by atoms with Gasteiger partial charge in [-0.2, -0.15) is 0 Å². The molecule has 9 aromatic rings. The number of hydrogen-bond acceptors (Lipinski definition) is 4. The largest absolute Gasteiger partial charge is 0.312 e. The molecule has 0 N–H and O–H groups in total. The number of rotatable bonds is 7. The lowest BCUT2D eigenvalue weighted by molar-refractivity contribution is 1.06. The number of benzene rings is 9. The van der Waals surface area contributed by atoms with Crippen LogP contribution in [0.3, 0.4) is 0 Å². The zero-order valence-electron chi connectivity index (χ0n) is 36.9. The summed E-state index contributed by atoms with van der Waals surface area (Å²) in [5, 5.41) is 4.98. The SMILES string of the molecule is C/C=C\C1=C(C)N(c2ccc3c(-c4ccccc4-c4ccccc4)c4cc(N5c6ccccc6Sc6ccccc65)ccc4c(C4=C(c5ccccc5)C=CCC4)c3c2)c2ccccc2S1. The number of anilines is 5. The third-order valence-electron chi connectivity index (χ3n) is 13.2. The number of allylic oxidation sites excluding steroid dienone is 7. The smallest absolute Gasteiger partial charge is 0.0601 e. The molecule has 0 radical (unpaired) electrons. The van der Waals surface area contributed by atoms with Gasteiger partial charge in [0.1, 0.15) is 0 Å². The third kappa shape index (κ3) is 6.83. The number of fused-ring (bicyclic) bond motifs is 5. The number of para-hydroxylation sites is 3. The van der Waals surface area contributed by atoms with Crippen LogP contribution < -0.4 is 9.80 Å². The molecule has 0 unspecified atom stereocenters. The maximum absolute atomic E-state index is 2.50. The van der Waals surface area contributed by atoms with Crippen molar-refractivity contribution in [1.82, 2.24) is 0 Å². The normalized spacial score (nSPS) is 14.6. The van der Waals surface area contributed by atoms with Crippen LogP contribution in [0.5, 0.6) is 0 Å². The minimum atomic E-state index is 0.939. The van der Waals surface area contributed by atoms with Crippen molar-refractivity contribution in [1.29, 1.82) is 0 Å². The summed E-state index contributed by atoms with van der Waals surface area (Å²) in [7, 11) is 0. The van der Waals surface area contributed by atoms with Gasteiger partial charge in [0.05, 0.1) is 17.1 Å². The summed E-state index contributed by atoms with van der Waals surface area (Å²) in [4.78, 5) is 9.97. The Morgan fingerprint density at radius 1 is 0.470 bits per heavy atom. The maximum atomic E-state index is 2.50. The number of thioether (sulfide) groups is 1. The van der Waals surface area contributed by atoms with Crippen LogP contribution in [0.2, 0.25) is 0 Å². The monoisotopic (exact) mass is 882 g/mol. The maximum Gasteiger partial charge on any atom is 0.0601 e. The van der Waals surface area contributed by atoms with Crippen molar-refractivity contribution in [3.63, 3.8) is 0 Å². The van der Waals surface area contributed by atoms with Gasteiger partial charge in [-0.05, 0) is 153 Å². The molecule has 4 heteroatoms. The van der Waals surface area contributed by atoms with Crippen LogP contribution in [-0.2, 0) is 0 Å². The highest BCUT2D eigenvalue weighted by atomic mass is 32.2. The zero-order valence-corrected chi connectivity index (χ0v) is 38.5. The molecule has 9 aromatic carbocycles. The van der Waals surface area contributed by atoms with Crippen molar-refractivity contribution >= 4 is 84.7 Å². The van der Waals surface area contributed by atoms with E-state index in [9.17, 15) is 0 Å². The van der Waals surface area contributed by atoms with Crippen molar-refractivity contribution in [3.8, 4) is 22.3 Å². The summed E-state index contributed by atoms with van der Waals surface area (Å²) in [5.74, 6) is 0. The topological polar surface area (TPSA) is 6.48 Å². The van der Waals surface area contributed by atoms with Gasteiger partial charge in [0, 0.05) is 36.7 Å². The first kappa shape index (κ1) is 40.3. The van der Waals surface area contributed by atoms with Gasteiger partial charge in [0.25, 0.3) is 0 Å². The molecule has 0 saturated carbocycles. The molecule has 0 aromatic heterocycles. The number of hydrogen-bond donors (Lipinski definition) is 0. The van der Waals surface area contributed by atoms with Crippen LogP contribution >= 0.6 is 23.5 Å². The van der Waals surface area contributed by atoms with Gasteiger partial charge in [-0.15, -0.1) is 0 Å². The first-order chi connectivity index (χ1) is 32.6. The summed E-state index contributed by atoms with van der Waals surface area (Å²) in [6, 6.07) is 72.0. The molecule has 0 fully saturated rings. The van der Waals surface area contributed by atoms with E-state index in [-0.39, 0.29) is 0 Å². The second kappa shape index (κ2) is 17.0. The van der Waals surface area contributed by atoms with Crippen molar-refractivity contribution in [2.75, 3.05) is 9.80 Å². The highest BCUT2D eigenvalue weighted by Crippen LogP contribution is 2.55. The lowest BCUT2D eigenvalue weighted by Crippen LogP contribution is -2.19. The molecule has 12 rings (SSSR count). The Balaban J connectivity index is 1.23. The van der Waals surface area contributed by atoms with Crippen molar-refractivity contribution in [2.45, 2.75) is 41.4 Å². The average Bonchev–Trinajstić information content (AvgIpc) is 3.38. The summed E-state index contributed by atoms with van der Waals surface area (Å²) in [6.45, 7) is 4.38. The number of nitrogens with zero attached hydrogens (tertiary/aromatic N) is 2. The molecule has 0 saturated heterocycles. The average molecular weight is 883 g/mol. The van der Waals surface area contributed by atoms with Crippen molar-refractivity contribution in [2.24, 2.45) is 0 Å². The van der Waals surface area contributed by atoms with Crippen molar-refractivity contribution in [3.05, 3.63) is 240 Å². The van der Waals surface area contributed by atoms with Gasteiger partial charge in [-0.25, -0.2) is 0 Å². The van der Waals surface area contributed by atoms with E-state index in [2.05, 4.69) is 242 Å². The minimum absolute atomic E-state index is 0.939. The summed E-state index contributed by atoms with van der Waals surface area (Å²) >= 11 is 3.70. The lowest BCUT2D eigenvalue weighted by atomic mass is 9.79. The quantitative estimate of drug-likeness (QED) is 0.147. The second-order valence-corrected chi connectivity index (χ2v) is 19.2. The Morgan fingerprint density at radius 2 is 0.985 bits per heavy atom. The fraction of sp³-hybridized carbons (Fsp3) is 0.0645. The molecular weight excluding hydrogens is 837 g/mol. The highest BCUT2D eigenvalue weighted by Gasteiger charge is 2.29. The van der Waals surface area contributed by atoms with E-state index in [4.69, 9.17) is 0 Å². The molecule has 2 heterocycles. The molecule has 316 valence electrons. The van der Waals surface area contributed by atoms with E-state index >= 15 is 0 Å². The van der Waals surface area contributed by atoms with Crippen LogP contribution in [-0.4, -0.2) is 0 Å². The van der Waals surface area contributed by atoms with Crippen LogP contribution in [0.1, 0.15) is 37.8 Å². The molecule has 2 aliphatic heterocycles. The molecule has 0 bridgehead atoms. The van der Waals surface area contributed by atoms with E-state index in [1.807, 2.05) is 23.5 Å². The molecule has 2 nitrogen and oxygen atoms in total.